The van der Waals surface area contributed by atoms with Gasteiger partial charge >= 0.3 is 0 Å². The number of hydrogen-bond donors (Lipinski definition) is 1. The van der Waals surface area contributed by atoms with Gasteiger partial charge in [0.15, 0.2) is 0 Å². The Hall–Kier alpha value is -0.440. The Labute approximate surface area is 85.9 Å². The number of aliphatic hydroxyl groups is 1. The summed E-state index contributed by atoms with van der Waals surface area (Å²) in [5.74, 6) is 0.738. The summed E-state index contributed by atoms with van der Waals surface area (Å²) in [4.78, 5) is 10.8. The SMILES string of the molecule is CC1C(CO)CC(C)(C)C(C)C1N=O. The summed E-state index contributed by atoms with van der Waals surface area (Å²) in [5.41, 5.74) is 0.110. The third-order valence-electron chi connectivity index (χ3n) is 4.17. The fraction of sp³-hybridized carbons (Fsp3) is 1.00. The van der Waals surface area contributed by atoms with Crippen LogP contribution in [0.1, 0.15) is 34.1 Å². The molecule has 0 aromatic rings. The van der Waals surface area contributed by atoms with Crippen molar-refractivity contribution in [2.45, 2.75) is 40.2 Å². The van der Waals surface area contributed by atoms with Crippen molar-refractivity contribution in [1.82, 2.24) is 0 Å². The molecule has 1 fully saturated rings. The van der Waals surface area contributed by atoms with Crippen molar-refractivity contribution in [3.05, 3.63) is 4.91 Å². The van der Waals surface area contributed by atoms with E-state index in [1.807, 2.05) is 6.92 Å². The second kappa shape index (κ2) is 3.97. The molecule has 3 nitrogen and oxygen atoms in total. The molecule has 1 aliphatic carbocycles. The van der Waals surface area contributed by atoms with E-state index in [0.29, 0.717) is 5.92 Å². The summed E-state index contributed by atoms with van der Waals surface area (Å²) in [6.07, 6.45) is 0.984. The first-order valence-corrected chi connectivity index (χ1v) is 5.37. The van der Waals surface area contributed by atoms with E-state index in [1.165, 1.54) is 0 Å². The molecule has 0 amide bonds. The molecule has 0 aromatic carbocycles. The van der Waals surface area contributed by atoms with Crippen LogP contribution in [0, 0.1) is 28.1 Å². The van der Waals surface area contributed by atoms with Crippen molar-refractivity contribution in [2.75, 3.05) is 6.61 Å². The number of aliphatic hydroxyl groups excluding tert-OH is 1. The molecule has 0 radical (unpaired) electrons. The van der Waals surface area contributed by atoms with Gasteiger partial charge in [0.2, 0.25) is 0 Å². The summed E-state index contributed by atoms with van der Waals surface area (Å²) in [6.45, 7) is 8.60. The lowest BCUT2D eigenvalue weighted by atomic mass is 9.60. The maximum atomic E-state index is 10.8. The molecule has 0 aromatic heterocycles. The van der Waals surface area contributed by atoms with E-state index < -0.39 is 0 Å². The molecule has 1 aliphatic rings. The van der Waals surface area contributed by atoms with Crippen LogP contribution in [0.25, 0.3) is 0 Å². The molecular formula is C11H21NO2. The van der Waals surface area contributed by atoms with Gasteiger partial charge in [0.1, 0.15) is 0 Å². The van der Waals surface area contributed by atoms with E-state index in [0.717, 1.165) is 6.42 Å². The Bertz CT molecular complexity index is 215. The molecule has 3 heteroatoms. The van der Waals surface area contributed by atoms with Crippen molar-refractivity contribution in [3.63, 3.8) is 0 Å². The normalized spacial score (nSPS) is 42.1. The van der Waals surface area contributed by atoms with Crippen LogP contribution >= 0.6 is 0 Å². The second-order valence-corrected chi connectivity index (χ2v) is 5.38. The van der Waals surface area contributed by atoms with Gasteiger partial charge in [-0.05, 0) is 29.6 Å². The van der Waals surface area contributed by atoms with Gasteiger partial charge in [-0.25, -0.2) is 0 Å². The zero-order valence-electron chi connectivity index (χ0n) is 9.53. The van der Waals surface area contributed by atoms with Crippen molar-refractivity contribution in [3.8, 4) is 0 Å². The molecule has 82 valence electrons. The standard InChI is InChI=1S/C11H21NO2/c1-7-9(6-13)5-11(3,4)8(2)10(7)12-14/h7-10,13H,5-6H2,1-4H3. The van der Waals surface area contributed by atoms with Crippen molar-refractivity contribution >= 4 is 0 Å². The van der Waals surface area contributed by atoms with Gasteiger partial charge in [0, 0.05) is 6.61 Å². The summed E-state index contributed by atoms with van der Waals surface area (Å²) in [6, 6.07) is -0.143. The molecule has 1 rings (SSSR count). The van der Waals surface area contributed by atoms with Gasteiger partial charge in [-0.2, -0.15) is 4.91 Å². The monoisotopic (exact) mass is 199 g/mol. The maximum absolute atomic E-state index is 10.8. The van der Waals surface area contributed by atoms with E-state index >= 15 is 0 Å². The minimum atomic E-state index is -0.143. The lowest BCUT2D eigenvalue weighted by molar-refractivity contribution is 0.0149. The molecule has 4 unspecified atom stereocenters. The number of nitrogens with zero attached hydrogens (tertiary/aromatic N) is 1. The quantitative estimate of drug-likeness (QED) is 0.694. The van der Waals surface area contributed by atoms with Crippen LogP contribution in [0.4, 0.5) is 0 Å². The highest BCUT2D eigenvalue weighted by Gasteiger charge is 2.45. The highest BCUT2D eigenvalue weighted by atomic mass is 16.3. The van der Waals surface area contributed by atoms with Gasteiger partial charge in [-0.3, -0.25) is 0 Å². The maximum Gasteiger partial charge on any atom is 0.0979 e. The first-order valence-electron chi connectivity index (χ1n) is 5.37. The van der Waals surface area contributed by atoms with Gasteiger partial charge in [0.05, 0.1) is 6.04 Å². The van der Waals surface area contributed by atoms with Crippen LogP contribution in [0.2, 0.25) is 0 Å². The molecule has 1 saturated carbocycles. The zero-order chi connectivity index (χ0) is 10.9. The summed E-state index contributed by atoms with van der Waals surface area (Å²) >= 11 is 0. The Morgan fingerprint density at radius 2 is 2.00 bits per heavy atom. The Kier molecular flexibility index (Phi) is 3.30. The van der Waals surface area contributed by atoms with Crippen LogP contribution in [-0.2, 0) is 0 Å². The van der Waals surface area contributed by atoms with E-state index in [2.05, 4.69) is 25.9 Å². The fourth-order valence-corrected chi connectivity index (χ4v) is 2.66. The molecule has 0 spiro atoms. The molecule has 1 N–H and O–H groups in total. The molecule has 14 heavy (non-hydrogen) atoms. The van der Waals surface area contributed by atoms with Gasteiger partial charge in [0.25, 0.3) is 0 Å². The molecule has 4 atom stereocenters. The van der Waals surface area contributed by atoms with E-state index in [9.17, 15) is 10.0 Å². The van der Waals surface area contributed by atoms with Gasteiger partial charge in [-0.15, -0.1) is 0 Å². The largest absolute Gasteiger partial charge is 0.396 e. The lowest BCUT2D eigenvalue weighted by Crippen LogP contribution is -2.45. The molecule has 0 heterocycles. The predicted octanol–water partition coefficient (Wildman–Crippen LogP) is 2.43. The van der Waals surface area contributed by atoms with Gasteiger partial charge < -0.3 is 5.11 Å². The highest BCUT2D eigenvalue weighted by molar-refractivity contribution is 4.96. The van der Waals surface area contributed by atoms with Crippen molar-refractivity contribution in [1.29, 1.82) is 0 Å². The molecule has 0 bridgehead atoms. The smallest absolute Gasteiger partial charge is 0.0979 e. The van der Waals surface area contributed by atoms with E-state index in [1.54, 1.807) is 0 Å². The van der Waals surface area contributed by atoms with Crippen LogP contribution in [0.3, 0.4) is 0 Å². The Balaban J connectivity index is 2.89. The number of hydrogen-bond acceptors (Lipinski definition) is 3. The summed E-state index contributed by atoms with van der Waals surface area (Å²) < 4.78 is 0. The molecule has 0 aliphatic heterocycles. The zero-order valence-corrected chi connectivity index (χ0v) is 9.53. The minimum Gasteiger partial charge on any atom is -0.396 e. The summed E-state index contributed by atoms with van der Waals surface area (Å²) in [5, 5.41) is 12.5. The molecular weight excluding hydrogens is 178 g/mol. The van der Waals surface area contributed by atoms with Crippen LogP contribution in [-0.4, -0.2) is 17.8 Å². The van der Waals surface area contributed by atoms with Crippen molar-refractivity contribution in [2.24, 2.45) is 28.3 Å². The molecule has 0 saturated heterocycles. The number of nitroso groups, excluding NO2 is 1. The third-order valence-corrected chi connectivity index (χ3v) is 4.17. The summed E-state index contributed by atoms with van der Waals surface area (Å²) in [7, 11) is 0. The van der Waals surface area contributed by atoms with Crippen LogP contribution < -0.4 is 0 Å². The van der Waals surface area contributed by atoms with E-state index in [-0.39, 0.29) is 29.9 Å². The first-order chi connectivity index (χ1) is 6.44. The average molecular weight is 199 g/mol. The van der Waals surface area contributed by atoms with Crippen LogP contribution in [0.15, 0.2) is 5.18 Å². The van der Waals surface area contributed by atoms with E-state index in [4.69, 9.17) is 0 Å². The van der Waals surface area contributed by atoms with Crippen molar-refractivity contribution < 1.29 is 5.11 Å². The third kappa shape index (κ3) is 1.83. The van der Waals surface area contributed by atoms with Crippen LogP contribution in [0.5, 0.6) is 0 Å². The second-order valence-electron chi connectivity index (χ2n) is 5.38. The fourth-order valence-electron chi connectivity index (χ4n) is 2.66. The first kappa shape index (κ1) is 11.6. The van der Waals surface area contributed by atoms with Gasteiger partial charge in [-0.1, -0.05) is 32.9 Å². The topological polar surface area (TPSA) is 49.7 Å². The Morgan fingerprint density at radius 1 is 1.43 bits per heavy atom. The lowest BCUT2D eigenvalue weighted by Gasteiger charge is -2.46. The minimum absolute atomic E-state index is 0.110. The number of rotatable bonds is 2. The average Bonchev–Trinajstić information content (AvgIpc) is 2.13. The Morgan fingerprint density at radius 3 is 2.43 bits per heavy atom. The highest BCUT2D eigenvalue weighted by Crippen LogP contribution is 2.46. The predicted molar refractivity (Wildman–Crippen MR) is 56.9 cm³/mol.